The predicted octanol–water partition coefficient (Wildman–Crippen LogP) is 3.66. The highest BCUT2D eigenvalue weighted by atomic mass is 79.9. The molecule has 0 fully saturated rings. The van der Waals surface area contributed by atoms with E-state index in [2.05, 4.69) is 45.3 Å². The summed E-state index contributed by atoms with van der Waals surface area (Å²) in [6.45, 7) is 4.86. The van der Waals surface area contributed by atoms with Gasteiger partial charge in [-0.1, -0.05) is 22.0 Å². The van der Waals surface area contributed by atoms with Gasteiger partial charge in [0.25, 0.3) is 0 Å². The van der Waals surface area contributed by atoms with Gasteiger partial charge in [0, 0.05) is 11.0 Å². The summed E-state index contributed by atoms with van der Waals surface area (Å²) in [5.74, 6) is 0.878. The van der Waals surface area contributed by atoms with Gasteiger partial charge in [-0.2, -0.15) is 0 Å². The van der Waals surface area contributed by atoms with Crippen molar-refractivity contribution in [2.24, 2.45) is 0 Å². The summed E-state index contributed by atoms with van der Waals surface area (Å²) in [4.78, 5) is 4.30. The summed E-state index contributed by atoms with van der Waals surface area (Å²) in [5, 5.41) is 3.34. The number of anilines is 2. The third-order valence-electron chi connectivity index (χ3n) is 2.86. The van der Waals surface area contributed by atoms with Gasteiger partial charge in [-0.25, -0.2) is 4.98 Å². The van der Waals surface area contributed by atoms with Crippen molar-refractivity contribution in [2.75, 3.05) is 11.1 Å². The molecule has 3 nitrogen and oxygen atoms in total. The molecular formula is C14H16BrN3. The maximum atomic E-state index is 5.68. The molecule has 1 aromatic carbocycles. The predicted molar refractivity (Wildman–Crippen MR) is 79.6 cm³/mol. The zero-order chi connectivity index (χ0) is 13.1. The van der Waals surface area contributed by atoms with Gasteiger partial charge >= 0.3 is 0 Å². The van der Waals surface area contributed by atoms with Crippen molar-refractivity contribution >= 4 is 27.4 Å². The molecule has 0 unspecified atom stereocenters. The Morgan fingerprint density at radius 3 is 2.72 bits per heavy atom. The standard InChI is InChI=1S/C14H16BrN3/c1-9-3-4-12(15)6-11(9)7-17-14-10(2)5-13(16)8-18-14/h3-6,8H,7,16H2,1-2H3,(H,17,18). The number of nitrogen functional groups attached to an aromatic ring is 1. The van der Waals surface area contributed by atoms with Crippen LogP contribution in [0.5, 0.6) is 0 Å². The first-order chi connectivity index (χ1) is 8.56. The van der Waals surface area contributed by atoms with E-state index in [1.807, 2.05) is 19.1 Å². The second-order valence-electron chi connectivity index (χ2n) is 4.36. The molecule has 0 amide bonds. The molecule has 0 atom stereocenters. The van der Waals surface area contributed by atoms with Crippen molar-refractivity contribution in [3.8, 4) is 0 Å². The lowest BCUT2D eigenvalue weighted by molar-refractivity contribution is 1.08. The summed E-state index contributed by atoms with van der Waals surface area (Å²) in [6, 6.07) is 8.19. The molecule has 0 saturated heterocycles. The number of halogens is 1. The zero-order valence-electron chi connectivity index (χ0n) is 10.5. The number of pyridine rings is 1. The molecule has 0 bridgehead atoms. The largest absolute Gasteiger partial charge is 0.397 e. The van der Waals surface area contributed by atoms with Crippen LogP contribution < -0.4 is 11.1 Å². The highest BCUT2D eigenvalue weighted by Crippen LogP contribution is 2.19. The minimum atomic E-state index is 0.691. The minimum Gasteiger partial charge on any atom is -0.397 e. The molecule has 1 heterocycles. The smallest absolute Gasteiger partial charge is 0.129 e. The van der Waals surface area contributed by atoms with E-state index in [0.717, 1.165) is 22.4 Å². The van der Waals surface area contributed by atoms with Crippen LogP contribution in [0.4, 0.5) is 11.5 Å². The first kappa shape index (κ1) is 12.9. The van der Waals surface area contributed by atoms with Crippen molar-refractivity contribution in [3.05, 3.63) is 51.6 Å². The van der Waals surface area contributed by atoms with Crippen LogP contribution in [0.25, 0.3) is 0 Å². The van der Waals surface area contributed by atoms with E-state index in [9.17, 15) is 0 Å². The Morgan fingerprint density at radius 1 is 1.22 bits per heavy atom. The summed E-state index contributed by atoms with van der Waals surface area (Å²) in [5.41, 5.74) is 9.95. The topological polar surface area (TPSA) is 50.9 Å². The third kappa shape index (κ3) is 3.01. The van der Waals surface area contributed by atoms with Crippen LogP contribution in [0.1, 0.15) is 16.7 Å². The summed E-state index contributed by atoms with van der Waals surface area (Å²) in [6.07, 6.45) is 1.67. The van der Waals surface area contributed by atoms with Crippen molar-refractivity contribution < 1.29 is 0 Å². The van der Waals surface area contributed by atoms with Crippen LogP contribution in [0.3, 0.4) is 0 Å². The molecule has 2 rings (SSSR count). The Bertz CT molecular complexity index is 567. The fraction of sp³-hybridized carbons (Fsp3) is 0.214. The molecule has 4 heteroatoms. The fourth-order valence-electron chi connectivity index (χ4n) is 1.79. The molecule has 18 heavy (non-hydrogen) atoms. The third-order valence-corrected chi connectivity index (χ3v) is 3.35. The number of benzene rings is 1. The lowest BCUT2D eigenvalue weighted by atomic mass is 10.1. The summed E-state index contributed by atoms with van der Waals surface area (Å²) < 4.78 is 1.09. The Labute approximate surface area is 116 Å². The van der Waals surface area contributed by atoms with E-state index in [4.69, 9.17) is 5.73 Å². The highest BCUT2D eigenvalue weighted by molar-refractivity contribution is 9.10. The van der Waals surface area contributed by atoms with Gasteiger partial charge in [0.15, 0.2) is 0 Å². The molecule has 0 aliphatic heterocycles. The molecule has 0 aliphatic carbocycles. The molecule has 0 saturated carbocycles. The molecule has 0 radical (unpaired) electrons. The van der Waals surface area contributed by atoms with Crippen LogP contribution in [0, 0.1) is 13.8 Å². The Kier molecular flexibility index (Phi) is 3.87. The second kappa shape index (κ2) is 5.40. The molecule has 3 N–H and O–H groups in total. The van der Waals surface area contributed by atoms with Crippen LogP contribution >= 0.6 is 15.9 Å². The lowest BCUT2D eigenvalue weighted by Gasteiger charge is -2.11. The number of hydrogen-bond donors (Lipinski definition) is 2. The first-order valence-electron chi connectivity index (χ1n) is 5.77. The van der Waals surface area contributed by atoms with Crippen molar-refractivity contribution in [2.45, 2.75) is 20.4 Å². The van der Waals surface area contributed by atoms with E-state index in [-0.39, 0.29) is 0 Å². The Hall–Kier alpha value is -1.55. The van der Waals surface area contributed by atoms with Crippen molar-refractivity contribution in [1.82, 2.24) is 4.98 Å². The van der Waals surface area contributed by atoms with E-state index >= 15 is 0 Å². The van der Waals surface area contributed by atoms with Gasteiger partial charge in [-0.3, -0.25) is 0 Å². The van der Waals surface area contributed by atoms with E-state index in [1.165, 1.54) is 11.1 Å². The number of aryl methyl sites for hydroxylation is 2. The fourth-order valence-corrected chi connectivity index (χ4v) is 2.20. The van der Waals surface area contributed by atoms with Gasteiger partial charge in [-0.15, -0.1) is 0 Å². The minimum absolute atomic E-state index is 0.691. The second-order valence-corrected chi connectivity index (χ2v) is 5.27. The molecule has 2 aromatic rings. The Balaban J connectivity index is 2.13. The number of rotatable bonds is 3. The number of nitrogens with one attached hydrogen (secondary N) is 1. The first-order valence-corrected chi connectivity index (χ1v) is 6.56. The van der Waals surface area contributed by atoms with Gasteiger partial charge < -0.3 is 11.1 Å². The number of hydrogen-bond acceptors (Lipinski definition) is 3. The summed E-state index contributed by atoms with van der Waals surface area (Å²) in [7, 11) is 0. The molecule has 0 spiro atoms. The maximum absolute atomic E-state index is 5.68. The van der Waals surface area contributed by atoms with E-state index < -0.39 is 0 Å². The number of aromatic nitrogens is 1. The zero-order valence-corrected chi connectivity index (χ0v) is 12.1. The van der Waals surface area contributed by atoms with Crippen LogP contribution in [0.15, 0.2) is 34.9 Å². The van der Waals surface area contributed by atoms with Crippen LogP contribution in [-0.4, -0.2) is 4.98 Å². The quantitative estimate of drug-likeness (QED) is 0.910. The monoisotopic (exact) mass is 305 g/mol. The molecule has 0 aliphatic rings. The molecular weight excluding hydrogens is 290 g/mol. The van der Waals surface area contributed by atoms with Crippen LogP contribution in [0.2, 0.25) is 0 Å². The van der Waals surface area contributed by atoms with E-state index in [1.54, 1.807) is 6.20 Å². The average Bonchev–Trinajstić information content (AvgIpc) is 2.32. The van der Waals surface area contributed by atoms with Gasteiger partial charge in [0.05, 0.1) is 11.9 Å². The number of nitrogens with two attached hydrogens (primary N) is 1. The lowest BCUT2D eigenvalue weighted by Crippen LogP contribution is -2.05. The summed E-state index contributed by atoms with van der Waals surface area (Å²) >= 11 is 3.49. The van der Waals surface area contributed by atoms with Crippen molar-refractivity contribution in [1.29, 1.82) is 0 Å². The highest BCUT2D eigenvalue weighted by Gasteiger charge is 2.03. The molecule has 1 aromatic heterocycles. The van der Waals surface area contributed by atoms with Gasteiger partial charge in [0.2, 0.25) is 0 Å². The average molecular weight is 306 g/mol. The van der Waals surface area contributed by atoms with Gasteiger partial charge in [-0.05, 0) is 48.7 Å². The van der Waals surface area contributed by atoms with Crippen molar-refractivity contribution in [3.63, 3.8) is 0 Å². The Morgan fingerprint density at radius 2 is 2.00 bits per heavy atom. The number of nitrogens with zero attached hydrogens (tertiary/aromatic N) is 1. The van der Waals surface area contributed by atoms with Gasteiger partial charge in [0.1, 0.15) is 5.82 Å². The maximum Gasteiger partial charge on any atom is 0.129 e. The van der Waals surface area contributed by atoms with E-state index in [0.29, 0.717) is 5.69 Å². The normalized spacial score (nSPS) is 10.4. The van der Waals surface area contributed by atoms with Crippen LogP contribution in [-0.2, 0) is 6.54 Å². The SMILES string of the molecule is Cc1ccc(Br)cc1CNc1ncc(N)cc1C. The molecule has 94 valence electrons.